The molecule has 0 atom stereocenters. The van der Waals surface area contributed by atoms with E-state index in [2.05, 4.69) is 69.3 Å². The smallest absolute Gasteiger partial charge is 0.272 e. The molecule has 0 fully saturated rings. The highest BCUT2D eigenvalue weighted by Gasteiger charge is 2.50. The molecule has 3 aromatic rings. The maximum Gasteiger partial charge on any atom is 0.272 e. The van der Waals surface area contributed by atoms with Crippen LogP contribution in [0.4, 0.5) is 5.69 Å². The summed E-state index contributed by atoms with van der Waals surface area (Å²) in [6.07, 6.45) is 0.502. The molecule has 0 aliphatic rings. The fourth-order valence-corrected chi connectivity index (χ4v) is 8.54. The quantitative estimate of drug-likeness (QED) is 0.325. The Bertz CT molecular complexity index is 913. The van der Waals surface area contributed by atoms with Crippen molar-refractivity contribution >= 4 is 24.4 Å². The van der Waals surface area contributed by atoms with Crippen LogP contribution in [0, 0.1) is 10.1 Å². The normalized spacial score (nSPS) is 12.0. The number of nitro benzene ring substituents is 1. The first-order valence-corrected chi connectivity index (χ1v) is 11.7. The Balaban J connectivity index is 2.00. The first-order chi connectivity index (χ1) is 13.9. The Morgan fingerprint density at radius 3 is 1.79 bits per heavy atom. The topological polar surface area (TPSA) is 52.4 Å². The van der Waals surface area contributed by atoms with E-state index in [1.807, 2.05) is 24.3 Å². The summed E-state index contributed by atoms with van der Waals surface area (Å²) >= 11 is 0. The number of hydrogen-bond donors (Lipinski definition) is 0. The molecule has 150 valence electrons. The third-order valence-electron chi connectivity index (χ3n) is 5.30. The van der Waals surface area contributed by atoms with Gasteiger partial charge in [0.15, 0.2) is 0 Å². The van der Waals surface area contributed by atoms with E-state index in [-0.39, 0.29) is 15.6 Å². The van der Waals surface area contributed by atoms with Crippen LogP contribution in [-0.4, -0.2) is 19.8 Å². The average molecular weight is 406 g/mol. The Hall–Kier alpha value is -2.76. The molecule has 0 N–H and O–H groups in total. The molecule has 3 rings (SSSR count). The van der Waals surface area contributed by atoms with Crippen molar-refractivity contribution in [3.05, 3.63) is 101 Å². The molecule has 4 nitrogen and oxygen atoms in total. The molecule has 29 heavy (non-hydrogen) atoms. The summed E-state index contributed by atoms with van der Waals surface area (Å²) in [5.74, 6) is 0. The zero-order valence-electron chi connectivity index (χ0n) is 17.2. The summed E-state index contributed by atoms with van der Waals surface area (Å²) in [6.45, 7) is 7.11. The Morgan fingerprint density at radius 2 is 1.31 bits per heavy atom. The van der Waals surface area contributed by atoms with Gasteiger partial charge in [-0.15, -0.1) is 0 Å². The van der Waals surface area contributed by atoms with Gasteiger partial charge >= 0.3 is 0 Å². The minimum absolute atomic E-state index is 0.113. The number of benzene rings is 3. The summed E-state index contributed by atoms with van der Waals surface area (Å²) in [4.78, 5) is 11.0. The van der Waals surface area contributed by atoms with Gasteiger partial charge in [-0.25, -0.2) is 0 Å². The van der Waals surface area contributed by atoms with E-state index >= 15 is 0 Å². The fourth-order valence-electron chi connectivity index (χ4n) is 3.98. The zero-order chi connectivity index (χ0) is 20.9. The van der Waals surface area contributed by atoms with Gasteiger partial charge in [-0.2, -0.15) is 0 Å². The van der Waals surface area contributed by atoms with Crippen LogP contribution >= 0.6 is 0 Å². The standard InChI is InChI=1S/C24H27NO3Si/c1-24(2,3)29(21-13-6-4-7-14-21,22-15-8-5-9-16-22)28-19-18-20-12-10-11-17-23(20)25(26)27/h4-17H,18-19H2,1-3H3. The lowest BCUT2D eigenvalue weighted by atomic mass is 10.1. The predicted octanol–water partition coefficient (Wildman–Crippen LogP) is 4.71. The van der Waals surface area contributed by atoms with E-state index in [0.29, 0.717) is 18.6 Å². The number of hydrogen-bond acceptors (Lipinski definition) is 3. The minimum atomic E-state index is -2.62. The van der Waals surface area contributed by atoms with Crippen LogP contribution in [-0.2, 0) is 10.8 Å². The molecule has 0 radical (unpaired) electrons. The fraction of sp³-hybridized carbons (Fsp3) is 0.250. The first kappa shape index (κ1) is 21.0. The molecule has 5 heteroatoms. The summed E-state index contributed by atoms with van der Waals surface area (Å²) in [5, 5.41) is 13.7. The van der Waals surface area contributed by atoms with Crippen LogP contribution in [0.5, 0.6) is 0 Å². The van der Waals surface area contributed by atoms with Gasteiger partial charge in [0.05, 0.1) is 4.92 Å². The Kier molecular flexibility index (Phi) is 6.30. The van der Waals surface area contributed by atoms with Gasteiger partial charge < -0.3 is 4.43 Å². The highest BCUT2D eigenvalue weighted by Crippen LogP contribution is 2.36. The van der Waals surface area contributed by atoms with Crippen molar-refractivity contribution in [2.75, 3.05) is 6.61 Å². The van der Waals surface area contributed by atoms with E-state index in [0.717, 1.165) is 0 Å². The van der Waals surface area contributed by atoms with Gasteiger partial charge in [0.2, 0.25) is 0 Å². The Labute approximate surface area is 173 Å². The largest absolute Gasteiger partial charge is 0.407 e. The van der Waals surface area contributed by atoms with Crippen molar-refractivity contribution in [2.45, 2.75) is 32.2 Å². The predicted molar refractivity (Wildman–Crippen MR) is 120 cm³/mol. The number of rotatable bonds is 7. The minimum Gasteiger partial charge on any atom is -0.407 e. The second-order valence-electron chi connectivity index (χ2n) is 8.15. The lowest BCUT2D eigenvalue weighted by Crippen LogP contribution is -2.66. The number of nitrogens with zero attached hydrogens (tertiary/aromatic N) is 1. The van der Waals surface area contributed by atoms with Crippen LogP contribution in [0.15, 0.2) is 84.9 Å². The third-order valence-corrected chi connectivity index (χ3v) is 10.3. The molecule has 0 unspecified atom stereocenters. The van der Waals surface area contributed by atoms with E-state index in [4.69, 9.17) is 4.43 Å². The van der Waals surface area contributed by atoms with Crippen molar-refractivity contribution in [3.63, 3.8) is 0 Å². The van der Waals surface area contributed by atoms with Gasteiger partial charge in [-0.1, -0.05) is 99.6 Å². The Morgan fingerprint density at radius 1 is 0.828 bits per heavy atom. The number of nitro groups is 1. The van der Waals surface area contributed by atoms with Gasteiger partial charge in [0, 0.05) is 24.7 Å². The molecule has 0 heterocycles. The molecule has 0 aliphatic carbocycles. The summed E-state index contributed by atoms with van der Waals surface area (Å²) in [6, 6.07) is 27.7. The third kappa shape index (κ3) is 4.31. The molecule has 0 spiro atoms. The van der Waals surface area contributed by atoms with Crippen LogP contribution in [0.3, 0.4) is 0 Å². The maximum absolute atomic E-state index is 11.4. The van der Waals surface area contributed by atoms with Crippen molar-refractivity contribution < 1.29 is 9.35 Å². The maximum atomic E-state index is 11.4. The van der Waals surface area contributed by atoms with E-state index in [9.17, 15) is 10.1 Å². The lowest BCUT2D eigenvalue weighted by Gasteiger charge is -2.43. The second-order valence-corrected chi connectivity index (χ2v) is 12.5. The molecule has 0 saturated carbocycles. The summed E-state index contributed by atoms with van der Waals surface area (Å²) < 4.78 is 6.82. The van der Waals surface area contributed by atoms with Crippen molar-refractivity contribution in [1.29, 1.82) is 0 Å². The van der Waals surface area contributed by atoms with Gasteiger partial charge in [0.25, 0.3) is 14.0 Å². The molecular formula is C24H27NO3Si. The van der Waals surface area contributed by atoms with Gasteiger partial charge in [-0.05, 0) is 15.4 Å². The lowest BCUT2D eigenvalue weighted by molar-refractivity contribution is -0.385. The second kappa shape index (κ2) is 8.72. The molecular weight excluding hydrogens is 378 g/mol. The summed E-state index contributed by atoms with van der Waals surface area (Å²) in [7, 11) is -2.62. The van der Waals surface area contributed by atoms with E-state index < -0.39 is 8.32 Å². The first-order valence-electron chi connectivity index (χ1n) is 9.83. The van der Waals surface area contributed by atoms with Crippen LogP contribution in [0.1, 0.15) is 26.3 Å². The monoisotopic (exact) mass is 405 g/mol. The SMILES string of the molecule is CC(C)(C)[Si](OCCc1ccccc1[N+](=O)[O-])(c1ccccc1)c1ccccc1. The zero-order valence-corrected chi connectivity index (χ0v) is 18.2. The molecule has 3 aromatic carbocycles. The van der Waals surface area contributed by atoms with Gasteiger partial charge in [0.1, 0.15) is 0 Å². The molecule has 0 saturated heterocycles. The van der Waals surface area contributed by atoms with Crippen molar-refractivity contribution in [2.24, 2.45) is 0 Å². The van der Waals surface area contributed by atoms with E-state index in [1.54, 1.807) is 12.1 Å². The molecule has 0 aliphatic heterocycles. The molecule has 0 aromatic heterocycles. The average Bonchev–Trinajstić information content (AvgIpc) is 2.72. The van der Waals surface area contributed by atoms with Crippen molar-refractivity contribution in [1.82, 2.24) is 0 Å². The van der Waals surface area contributed by atoms with Crippen molar-refractivity contribution in [3.8, 4) is 0 Å². The number of para-hydroxylation sites is 1. The highest BCUT2D eigenvalue weighted by molar-refractivity contribution is 6.99. The highest BCUT2D eigenvalue weighted by atomic mass is 28.4. The van der Waals surface area contributed by atoms with Crippen LogP contribution in [0.2, 0.25) is 5.04 Å². The van der Waals surface area contributed by atoms with Crippen LogP contribution < -0.4 is 10.4 Å². The summed E-state index contributed by atoms with van der Waals surface area (Å²) in [5.41, 5.74) is 0.856. The van der Waals surface area contributed by atoms with Crippen LogP contribution in [0.25, 0.3) is 0 Å². The molecule has 0 amide bonds. The van der Waals surface area contributed by atoms with Gasteiger partial charge in [-0.3, -0.25) is 10.1 Å². The van der Waals surface area contributed by atoms with E-state index in [1.165, 1.54) is 10.4 Å². The molecule has 0 bridgehead atoms.